The van der Waals surface area contributed by atoms with E-state index in [1.165, 1.54) is 24.3 Å². The lowest BCUT2D eigenvalue weighted by Crippen LogP contribution is -2.56. The van der Waals surface area contributed by atoms with Crippen LogP contribution in [0.5, 0.6) is 11.8 Å². The zero-order chi connectivity index (χ0) is 36.2. The third-order valence-corrected chi connectivity index (χ3v) is 12.2. The van der Waals surface area contributed by atoms with E-state index in [0.29, 0.717) is 35.5 Å². The van der Waals surface area contributed by atoms with Gasteiger partial charge in [-0.2, -0.15) is 9.97 Å². The molecule has 5 fully saturated rings. The van der Waals surface area contributed by atoms with Crippen LogP contribution in [0.15, 0.2) is 28.7 Å². The molecule has 0 radical (unpaired) electrons. The average Bonchev–Trinajstić information content (AvgIpc) is 3.84. The van der Waals surface area contributed by atoms with E-state index in [4.69, 9.17) is 30.3 Å². The van der Waals surface area contributed by atoms with Gasteiger partial charge in [-0.15, -0.1) is 6.42 Å². The van der Waals surface area contributed by atoms with E-state index in [9.17, 15) is 9.50 Å². The van der Waals surface area contributed by atoms with Crippen molar-refractivity contribution in [2.45, 2.75) is 62.8 Å². The summed E-state index contributed by atoms with van der Waals surface area (Å²) in [4.78, 5) is 21.4. The Bertz CT molecular complexity index is 2350. The molecule has 4 atom stereocenters. The number of hydrogen-bond donors (Lipinski definition) is 1. The molecule has 274 valence electrons. The molecule has 5 saturated heterocycles. The molecule has 0 unspecified atom stereocenters. The zero-order valence-electron chi connectivity index (χ0n) is 29.4. The van der Waals surface area contributed by atoms with E-state index in [0.717, 1.165) is 65.1 Å². The number of aromatic hydroxyl groups is 1. The van der Waals surface area contributed by atoms with Gasteiger partial charge in [-0.05, 0) is 61.4 Å². The maximum absolute atomic E-state index is 17.7. The average molecular weight is 725 g/mol. The molecule has 5 aliphatic rings. The summed E-state index contributed by atoms with van der Waals surface area (Å²) in [5.41, 5.74) is -0.0135. The van der Waals surface area contributed by atoms with Gasteiger partial charge < -0.3 is 23.9 Å². The number of hydrogen-bond acceptors (Lipinski definition) is 10. The molecule has 10 rings (SSSR count). The first-order valence-corrected chi connectivity index (χ1v) is 18.5. The van der Waals surface area contributed by atoms with E-state index in [2.05, 4.69) is 25.6 Å². The number of aromatic nitrogens is 3. The Hall–Kier alpha value is -4.64. The number of phenols is 1. The van der Waals surface area contributed by atoms with Crippen LogP contribution >= 0.6 is 0 Å². The molecule has 5 aromatic rings. The Morgan fingerprint density at radius 3 is 2.62 bits per heavy atom. The van der Waals surface area contributed by atoms with Gasteiger partial charge in [-0.25, -0.2) is 18.2 Å². The summed E-state index contributed by atoms with van der Waals surface area (Å²) in [6.07, 6.45) is 8.85. The maximum atomic E-state index is 17.7. The topological polar surface area (TPSA) is 100 Å². The summed E-state index contributed by atoms with van der Waals surface area (Å²) in [5, 5.41) is 11.9. The molecule has 0 spiro atoms. The highest BCUT2D eigenvalue weighted by atomic mass is 19.1. The number of ether oxygens (including phenoxy) is 2. The number of alkyl halides is 1. The monoisotopic (exact) mass is 724 g/mol. The number of benzene rings is 3. The van der Waals surface area contributed by atoms with E-state index >= 15 is 8.78 Å². The lowest BCUT2D eigenvalue weighted by molar-refractivity contribution is -0.0484. The van der Waals surface area contributed by atoms with Gasteiger partial charge in [0, 0.05) is 62.9 Å². The Labute approximate surface area is 303 Å². The van der Waals surface area contributed by atoms with Gasteiger partial charge in [-0.3, -0.25) is 9.80 Å². The van der Waals surface area contributed by atoms with Gasteiger partial charge in [0.2, 0.25) is 0 Å². The molecule has 5 aliphatic heterocycles. The van der Waals surface area contributed by atoms with E-state index < -0.39 is 23.3 Å². The van der Waals surface area contributed by atoms with Crippen LogP contribution in [-0.2, 0) is 4.74 Å². The lowest BCUT2D eigenvalue weighted by Gasteiger charge is -2.44. The van der Waals surface area contributed by atoms with Crippen LogP contribution in [0.4, 0.5) is 19.0 Å². The van der Waals surface area contributed by atoms with Crippen molar-refractivity contribution in [1.82, 2.24) is 24.8 Å². The van der Waals surface area contributed by atoms with Gasteiger partial charge in [0.15, 0.2) is 17.3 Å². The van der Waals surface area contributed by atoms with Gasteiger partial charge >= 0.3 is 6.01 Å². The summed E-state index contributed by atoms with van der Waals surface area (Å²) >= 11 is 0. The fourth-order valence-electron chi connectivity index (χ4n) is 9.93. The summed E-state index contributed by atoms with van der Waals surface area (Å²) in [5.74, 6) is 2.17. The van der Waals surface area contributed by atoms with Crippen LogP contribution in [0, 0.1) is 36.8 Å². The lowest BCUT2D eigenvalue weighted by atomic mass is 9.92. The van der Waals surface area contributed by atoms with Crippen molar-refractivity contribution in [2.24, 2.45) is 5.92 Å². The highest BCUT2D eigenvalue weighted by Crippen LogP contribution is 2.48. The quantitative estimate of drug-likeness (QED) is 0.198. The minimum Gasteiger partial charge on any atom is -0.508 e. The van der Waals surface area contributed by atoms with Crippen LogP contribution in [0.3, 0.4) is 0 Å². The number of rotatable bonds is 7. The second-order valence-electron chi connectivity index (χ2n) is 15.6. The summed E-state index contributed by atoms with van der Waals surface area (Å²) in [6, 6.07) is 5.74. The van der Waals surface area contributed by atoms with E-state index in [1.807, 2.05) is 0 Å². The summed E-state index contributed by atoms with van der Waals surface area (Å²) in [7, 11) is 0. The van der Waals surface area contributed by atoms with Crippen molar-refractivity contribution in [3.05, 3.63) is 47.4 Å². The molecule has 2 bridgehead atoms. The van der Waals surface area contributed by atoms with Gasteiger partial charge in [-0.1, -0.05) is 12.0 Å². The number of aryl methyl sites for hydroxylation is 1. The molecule has 1 N–H and O–H groups in total. The fourth-order valence-corrected chi connectivity index (χ4v) is 9.93. The Kier molecular flexibility index (Phi) is 7.59. The molecule has 0 amide bonds. The number of halogens is 3. The number of anilines is 1. The summed E-state index contributed by atoms with van der Waals surface area (Å²) in [6.45, 7) is 7.18. The number of likely N-dealkylation sites (tertiary alicyclic amines) is 1. The Morgan fingerprint density at radius 2 is 1.87 bits per heavy atom. The number of oxazole rings is 1. The van der Waals surface area contributed by atoms with Gasteiger partial charge in [0.25, 0.3) is 0 Å². The van der Waals surface area contributed by atoms with Crippen LogP contribution in [0.1, 0.15) is 43.6 Å². The first kappa shape index (κ1) is 33.0. The molecular formula is C40H39F3N6O4. The van der Waals surface area contributed by atoms with Crippen LogP contribution in [0.25, 0.3) is 43.9 Å². The number of phenolic OH excluding ortho intramolecular Hbond substituents is 1. The first-order valence-electron chi connectivity index (χ1n) is 18.5. The zero-order valence-corrected chi connectivity index (χ0v) is 29.4. The van der Waals surface area contributed by atoms with Gasteiger partial charge in [0.1, 0.15) is 41.2 Å². The normalized spacial score (nSPS) is 26.2. The highest BCUT2D eigenvalue weighted by Gasteiger charge is 2.50. The van der Waals surface area contributed by atoms with Crippen molar-refractivity contribution in [3.63, 3.8) is 0 Å². The smallest absolute Gasteiger partial charge is 0.319 e. The van der Waals surface area contributed by atoms with Crippen molar-refractivity contribution >= 4 is 38.6 Å². The number of nitrogens with zero attached hydrogens (tertiary/aromatic N) is 6. The van der Waals surface area contributed by atoms with E-state index in [1.54, 1.807) is 6.92 Å². The molecule has 13 heteroatoms. The molecule has 53 heavy (non-hydrogen) atoms. The molecule has 7 heterocycles. The van der Waals surface area contributed by atoms with E-state index in [-0.39, 0.29) is 75.0 Å². The number of fused-ring (bicyclic) bond motifs is 7. The molecule has 3 aromatic carbocycles. The standard InChI is InChI=1S/C40H39F3N6O4/c1-3-28-30(42)8-5-23-11-27(50)12-29(31(23)28)32-34(43)35-33(37-36(32)44-21(2)53-37)38(49-25-6-7-26(49)17-47(16-25)14-22-18-51-19-22)46-39(45-35)52-20-40-9-4-10-48(40)15-24(41)13-40/h1,5,8,11-12,22,24-26,50H,4,6-7,9-10,13-20H2,2H3/t24-,25-,26+,40+/m1/s1. The van der Waals surface area contributed by atoms with Crippen LogP contribution in [-0.4, -0.2) is 106 Å². The number of piperazine rings is 1. The summed E-state index contributed by atoms with van der Waals surface area (Å²) < 4.78 is 65.9. The third-order valence-electron chi connectivity index (χ3n) is 12.2. The predicted octanol–water partition coefficient (Wildman–Crippen LogP) is 6.12. The largest absolute Gasteiger partial charge is 0.508 e. The van der Waals surface area contributed by atoms with Crippen molar-refractivity contribution in [2.75, 3.05) is 57.4 Å². The molecule has 10 nitrogen and oxygen atoms in total. The second-order valence-corrected chi connectivity index (χ2v) is 15.6. The molecule has 0 saturated carbocycles. The Balaban J connectivity index is 1.18. The SMILES string of the molecule is C#Cc1c(F)ccc2cc(O)cc(-c3c(F)c4nc(OC[C@@]56CCCN5C[C@H](F)C6)nc(N5[C@@H]6CC[C@H]5CN(CC5COC5)C6)c4c4oc(C)nc34)c12. The second kappa shape index (κ2) is 12.2. The Morgan fingerprint density at radius 1 is 1.06 bits per heavy atom. The van der Waals surface area contributed by atoms with Crippen molar-refractivity contribution < 1.29 is 32.2 Å². The molecule has 2 aromatic heterocycles. The minimum absolute atomic E-state index is 0.0129. The predicted molar refractivity (Wildman–Crippen MR) is 193 cm³/mol. The number of terminal acetylenes is 1. The van der Waals surface area contributed by atoms with Crippen molar-refractivity contribution in [1.29, 1.82) is 0 Å². The highest BCUT2D eigenvalue weighted by molar-refractivity contribution is 6.16. The minimum atomic E-state index is -0.941. The molecular weight excluding hydrogens is 685 g/mol. The fraction of sp³-hybridized carbons (Fsp3) is 0.475. The first-order chi connectivity index (χ1) is 25.7. The van der Waals surface area contributed by atoms with Crippen molar-refractivity contribution in [3.8, 4) is 35.2 Å². The third kappa shape index (κ3) is 5.16. The molecule has 0 aliphatic carbocycles. The van der Waals surface area contributed by atoms with Crippen LogP contribution in [0.2, 0.25) is 0 Å². The van der Waals surface area contributed by atoms with Gasteiger partial charge in [0.05, 0.1) is 35.3 Å². The maximum Gasteiger partial charge on any atom is 0.319 e. The van der Waals surface area contributed by atoms with Crippen LogP contribution < -0.4 is 9.64 Å².